The first kappa shape index (κ1) is 19.6. The molecule has 1 unspecified atom stereocenters. The number of imide groups is 1. The van der Waals surface area contributed by atoms with E-state index in [1.807, 2.05) is 74.5 Å². The maximum absolute atomic E-state index is 13.1. The highest BCUT2D eigenvalue weighted by atomic mass is 16.2. The van der Waals surface area contributed by atoms with Crippen LogP contribution in [-0.4, -0.2) is 40.7 Å². The summed E-state index contributed by atoms with van der Waals surface area (Å²) in [6.07, 6.45) is 0.411. The average Bonchev–Trinajstić information content (AvgIpc) is 2.98. The number of nitrogens with zero attached hydrogens (tertiary/aromatic N) is 2. The van der Waals surface area contributed by atoms with Crippen LogP contribution in [0, 0.1) is 0 Å². The SMILES string of the molecule is CCN(Cc1ccccc1)C(=O)CN1C(=O)NC(CC)(c2ccccc2)C1=O. The summed E-state index contributed by atoms with van der Waals surface area (Å²) in [5.74, 6) is -0.634. The quantitative estimate of drug-likeness (QED) is 0.752. The number of hydrogen-bond acceptors (Lipinski definition) is 3. The number of hydrogen-bond donors (Lipinski definition) is 1. The van der Waals surface area contributed by atoms with Crippen LogP contribution in [0.4, 0.5) is 4.79 Å². The summed E-state index contributed by atoms with van der Waals surface area (Å²) in [4.78, 5) is 41.2. The van der Waals surface area contributed by atoms with Gasteiger partial charge in [-0.25, -0.2) is 4.79 Å². The summed E-state index contributed by atoms with van der Waals surface area (Å²) in [6, 6.07) is 18.3. The lowest BCUT2D eigenvalue weighted by atomic mass is 9.87. The lowest BCUT2D eigenvalue weighted by molar-refractivity contribution is -0.139. The normalized spacial score (nSPS) is 18.9. The highest BCUT2D eigenvalue weighted by molar-refractivity contribution is 6.09. The molecule has 6 heteroatoms. The molecule has 28 heavy (non-hydrogen) atoms. The average molecular weight is 379 g/mol. The zero-order valence-electron chi connectivity index (χ0n) is 16.2. The molecule has 1 heterocycles. The molecule has 0 spiro atoms. The summed E-state index contributed by atoms with van der Waals surface area (Å²) >= 11 is 0. The second kappa shape index (κ2) is 8.25. The fraction of sp³-hybridized carbons (Fsp3) is 0.318. The van der Waals surface area contributed by atoms with Gasteiger partial charge in [-0.2, -0.15) is 0 Å². The summed E-state index contributed by atoms with van der Waals surface area (Å²) in [7, 11) is 0. The van der Waals surface area contributed by atoms with Gasteiger partial charge in [-0.05, 0) is 24.5 Å². The van der Waals surface area contributed by atoms with Gasteiger partial charge in [-0.3, -0.25) is 14.5 Å². The van der Waals surface area contributed by atoms with Crippen molar-refractivity contribution in [2.24, 2.45) is 0 Å². The van der Waals surface area contributed by atoms with Gasteiger partial charge in [-0.1, -0.05) is 67.6 Å². The minimum atomic E-state index is -1.12. The van der Waals surface area contributed by atoms with Crippen LogP contribution >= 0.6 is 0 Å². The van der Waals surface area contributed by atoms with Gasteiger partial charge < -0.3 is 10.2 Å². The lowest BCUT2D eigenvalue weighted by Crippen LogP contribution is -2.45. The van der Waals surface area contributed by atoms with Crippen LogP contribution in [-0.2, 0) is 21.7 Å². The Bertz CT molecular complexity index is 854. The Morgan fingerprint density at radius 2 is 1.61 bits per heavy atom. The number of urea groups is 1. The van der Waals surface area contributed by atoms with E-state index in [0.717, 1.165) is 16.0 Å². The van der Waals surface area contributed by atoms with E-state index in [9.17, 15) is 14.4 Å². The van der Waals surface area contributed by atoms with Crippen molar-refractivity contribution in [3.63, 3.8) is 0 Å². The van der Waals surface area contributed by atoms with Gasteiger partial charge in [-0.15, -0.1) is 0 Å². The molecule has 3 rings (SSSR count). The number of likely N-dealkylation sites (N-methyl/N-ethyl adjacent to an activating group) is 1. The third kappa shape index (κ3) is 3.63. The van der Waals surface area contributed by atoms with Crippen molar-refractivity contribution in [3.8, 4) is 0 Å². The minimum absolute atomic E-state index is 0.255. The molecule has 0 saturated carbocycles. The number of carbonyl (C=O) groups is 3. The van der Waals surface area contributed by atoms with E-state index in [1.165, 1.54) is 0 Å². The highest BCUT2D eigenvalue weighted by Crippen LogP contribution is 2.32. The van der Waals surface area contributed by atoms with Crippen LogP contribution < -0.4 is 5.32 Å². The molecule has 2 aromatic carbocycles. The van der Waals surface area contributed by atoms with E-state index in [4.69, 9.17) is 0 Å². The highest BCUT2D eigenvalue weighted by Gasteiger charge is 2.51. The van der Waals surface area contributed by atoms with Gasteiger partial charge in [0.25, 0.3) is 5.91 Å². The second-order valence-corrected chi connectivity index (χ2v) is 6.84. The van der Waals surface area contributed by atoms with Crippen molar-refractivity contribution >= 4 is 17.8 Å². The first-order chi connectivity index (χ1) is 13.5. The van der Waals surface area contributed by atoms with Gasteiger partial charge in [0, 0.05) is 13.1 Å². The molecule has 1 atom stereocenters. The van der Waals surface area contributed by atoms with Gasteiger partial charge in [0.2, 0.25) is 5.91 Å². The van der Waals surface area contributed by atoms with E-state index in [1.54, 1.807) is 4.90 Å². The summed E-state index contributed by atoms with van der Waals surface area (Å²) < 4.78 is 0. The zero-order valence-corrected chi connectivity index (χ0v) is 16.2. The molecule has 6 nitrogen and oxygen atoms in total. The standard InChI is InChI=1S/C22H25N3O3/c1-3-22(18-13-9-6-10-14-18)20(27)25(21(28)23-22)16-19(26)24(4-2)15-17-11-7-5-8-12-17/h5-14H,3-4,15-16H2,1-2H3,(H,23,28). The van der Waals surface area contributed by atoms with E-state index < -0.39 is 11.6 Å². The Labute approximate surface area is 165 Å². The Hall–Kier alpha value is -3.15. The monoisotopic (exact) mass is 379 g/mol. The fourth-order valence-electron chi connectivity index (χ4n) is 3.55. The Kier molecular flexibility index (Phi) is 5.78. The molecule has 146 valence electrons. The predicted octanol–water partition coefficient (Wildman–Crippen LogP) is 2.89. The molecule has 0 radical (unpaired) electrons. The van der Waals surface area contributed by atoms with Gasteiger partial charge in [0.05, 0.1) is 0 Å². The molecule has 1 saturated heterocycles. The molecule has 1 fully saturated rings. The minimum Gasteiger partial charge on any atom is -0.337 e. The van der Waals surface area contributed by atoms with E-state index in [-0.39, 0.29) is 18.4 Å². The molecule has 1 aliphatic heterocycles. The van der Waals surface area contributed by atoms with Crippen molar-refractivity contribution in [3.05, 3.63) is 71.8 Å². The van der Waals surface area contributed by atoms with Gasteiger partial charge >= 0.3 is 6.03 Å². The van der Waals surface area contributed by atoms with Crippen molar-refractivity contribution in [2.45, 2.75) is 32.4 Å². The summed E-state index contributed by atoms with van der Waals surface area (Å²) in [5.41, 5.74) is 0.610. The largest absolute Gasteiger partial charge is 0.337 e. The molecule has 0 aromatic heterocycles. The lowest BCUT2D eigenvalue weighted by Gasteiger charge is -2.26. The topological polar surface area (TPSA) is 69.7 Å². The van der Waals surface area contributed by atoms with Crippen LogP contribution in [0.2, 0.25) is 0 Å². The fourth-order valence-corrected chi connectivity index (χ4v) is 3.55. The summed E-state index contributed by atoms with van der Waals surface area (Å²) in [6.45, 7) is 4.41. The number of nitrogens with one attached hydrogen (secondary N) is 1. The summed E-state index contributed by atoms with van der Waals surface area (Å²) in [5, 5.41) is 2.81. The molecule has 0 aliphatic carbocycles. The molecular formula is C22H25N3O3. The van der Waals surface area contributed by atoms with E-state index in [2.05, 4.69) is 5.32 Å². The van der Waals surface area contributed by atoms with Crippen LogP contribution in [0.25, 0.3) is 0 Å². The first-order valence-electron chi connectivity index (χ1n) is 9.53. The zero-order chi connectivity index (χ0) is 20.1. The Morgan fingerprint density at radius 3 is 2.18 bits per heavy atom. The molecule has 2 aromatic rings. The van der Waals surface area contributed by atoms with Crippen molar-refractivity contribution < 1.29 is 14.4 Å². The van der Waals surface area contributed by atoms with Crippen LogP contribution in [0.5, 0.6) is 0 Å². The number of benzene rings is 2. The Balaban J connectivity index is 1.77. The van der Waals surface area contributed by atoms with E-state index >= 15 is 0 Å². The van der Waals surface area contributed by atoms with Crippen molar-refractivity contribution in [2.75, 3.05) is 13.1 Å². The maximum Gasteiger partial charge on any atom is 0.325 e. The first-order valence-corrected chi connectivity index (χ1v) is 9.53. The molecule has 4 amide bonds. The Morgan fingerprint density at radius 1 is 1.00 bits per heavy atom. The predicted molar refractivity (Wildman–Crippen MR) is 106 cm³/mol. The smallest absolute Gasteiger partial charge is 0.325 e. The van der Waals surface area contributed by atoms with Crippen LogP contribution in [0.3, 0.4) is 0 Å². The second-order valence-electron chi connectivity index (χ2n) is 6.84. The van der Waals surface area contributed by atoms with Gasteiger partial charge in [0.15, 0.2) is 0 Å². The molecule has 1 aliphatic rings. The number of amides is 4. The van der Waals surface area contributed by atoms with Crippen molar-refractivity contribution in [1.29, 1.82) is 0 Å². The van der Waals surface area contributed by atoms with Crippen LogP contribution in [0.15, 0.2) is 60.7 Å². The molecule has 0 bridgehead atoms. The number of carbonyl (C=O) groups excluding carboxylic acids is 3. The van der Waals surface area contributed by atoms with Gasteiger partial charge in [0.1, 0.15) is 12.1 Å². The number of rotatable bonds is 7. The molecule has 1 N–H and O–H groups in total. The third-order valence-corrected chi connectivity index (χ3v) is 5.22. The van der Waals surface area contributed by atoms with Crippen LogP contribution in [0.1, 0.15) is 31.4 Å². The maximum atomic E-state index is 13.1. The third-order valence-electron chi connectivity index (χ3n) is 5.22. The van der Waals surface area contributed by atoms with E-state index in [0.29, 0.717) is 19.5 Å². The molecular weight excluding hydrogens is 354 g/mol. The van der Waals surface area contributed by atoms with Crippen molar-refractivity contribution in [1.82, 2.24) is 15.1 Å².